The van der Waals surface area contributed by atoms with Gasteiger partial charge in [0.15, 0.2) is 0 Å². The summed E-state index contributed by atoms with van der Waals surface area (Å²) in [7, 11) is -3.46. The van der Waals surface area contributed by atoms with Crippen LogP contribution in [0.2, 0.25) is 0 Å². The zero-order valence-corrected chi connectivity index (χ0v) is 13.8. The fraction of sp³-hybridized carbons (Fsp3) is 0.273. The van der Waals surface area contributed by atoms with E-state index >= 15 is 0 Å². The molecule has 4 nitrogen and oxygen atoms in total. The molecule has 0 fully saturated rings. The van der Waals surface area contributed by atoms with Crippen molar-refractivity contribution < 1.29 is 13.5 Å². The average Bonchev–Trinajstić information content (AvgIpc) is 2.98. The Kier molecular flexibility index (Phi) is 5.15. The van der Waals surface area contributed by atoms with Gasteiger partial charge in [-0.15, -0.1) is 22.7 Å². The van der Waals surface area contributed by atoms with Crippen LogP contribution in [0.1, 0.15) is 10.4 Å². The molecule has 0 aliphatic carbocycles. The first kappa shape index (κ1) is 15.1. The largest absolute Gasteiger partial charge is 0.392 e. The molecule has 0 atom stereocenters. The Balaban J connectivity index is 1.94. The van der Waals surface area contributed by atoms with Crippen LogP contribution >= 0.6 is 38.6 Å². The van der Waals surface area contributed by atoms with E-state index in [9.17, 15) is 8.42 Å². The van der Waals surface area contributed by atoms with E-state index < -0.39 is 10.0 Å². The topological polar surface area (TPSA) is 66.4 Å². The van der Waals surface area contributed by atoms with E-state index in [0.29, 0.717) is 18.5 Å². The van der Waals surface area contributed by atoms with Crippen molar-refractivity contribution in [3.63, 3.8) is 0 Å². The van der Waals surface area contributed by atoms with Crippen LogP contribution in [-0.2, 0) is 23.1 Å². The quantitative estimate of drug-likeness (QED) is 0.807. The van der Waals surface area contributed by atoms with Gasteiger partial charge in [0.1, 0.15) is 4.21 Å². The highest BCUT2D eigenvalue weighted by Gasteiger charge is 2.16. The van der Waals surface area contributed by atoms with Crippen molar-refractivity contribution in [2.75, 3.05) is 6.54 Å². The fourth-order valence-corrected chi connectivity index (χ4v) is 5.20. The first-order valence-corrected chi connectivity index (χ1v) is 9.40. The molecule has 0 saturated carbocycles. The molecule has 104 valence electrons. The van der Waals surface area contributed by atoms with Gasteiger partial charge in [-0.2, -0.15) is 0 Å². The van der Waals surface area contributed by atoms with Gasteiger partial charge < -0.3 is 5.11 Å². The highest BCUT2D eigenvalue weighted by atomic mass is 79.9. The lowest BCUT2D eigenvalue weighted by molar-refractivity contribution is 0.282. The normalized spacial score (nSPS) is 11.9. The lowest BCUT2D eigenvalue weighted by Crippen LogP contribution is -2.25. The van der Waals surface area contributed by atoms with Gasteiger partial charge in [-0.1, -0.05) is 0 Å². The summed E-state index contributed by atoms with van der Waals surface area (Å²) >= 11 is 6.08. The zero-order chi connectivity index (χ0) is 13.9. The number of sulfonamides is 1. The Morgan fingerprint density at radius 2 is 2.16 bits per heavy atom. The monoisotopic (exact) mass is 381 g/mol. The first-order valence-electron chi connectivity index (χ1n) is 5.43. The Morgan fingerprint density at radius 1 is 1.37 bits per heavy atom. The number of hydrogen-bond donors (Lipinski definition) is 2. The summed E-state index contributed by atoms with van der Waals surface area (Å²) < 4.78 is 27.8. The minimum atomic E-state index is -3.46. The standard InChI is InChI=1S/C11H12BrNO3S3/c12-10-2-1-9(18-10)3-4-13-19(15,16)11-5-8(6-14)7-17-11/h1-2,5,7,13-14H,3-4,6H2. The second-order valence-electron chi connectivity index (χ2n) is 3.79. The van der Waals surface area contributed by atoms with Crippen molar-refractivity contribution in [2.45, 2.75) is 17.2 Å². The smallest absolute Gasteiger partial charge is 0.250 e. The van der Waals surface area contributed by atoms with E-state index in [1.54, 1.807) is 16.7 Å². The molecule has 8 heteroatoms. The first-order chi connectivity index (χ1) is 9.01. The van der Waals surface area contributed by atoms with Gasteiger partial charge in [0.05, 0.1) is 10.4 Å². The minimum absolute atomic E-state index is 0.144. The maximum absolute atomic E-state index is 12.0. The van der Waals surface area contributed by atoms with Crippen molar-refractivity contribution in [1.29, 1.82) is 0 Å². The number of halogens is 1. The fourth-order valence-electron chi connectivity index (χ4n) is 1.44. The van der Waals surface area contributed by atoms with Crippen LogP contribution in [0.3, 0.4) is 0 Å². The van der Waals surface area contributed by atoms with Gasteiger partial charge in [-0.3, -0.25) is 0 Å². The highest BCUT2D eigenvalue weighted by molar-refractivity contribution is 9.11. The Labute approximate surface area is 128 Å². The molecule has 0 unspecified atom stereocenters. The summed E-state index contributed by atoms with van der Waals surface area (Å²) in [6.07, 6.45) is 0.660. The number of aliphatic hydroxyl groups excluding tert-OH is 1. The second kappa shape index (κ2) is 6.47. The zero-order valence-electron chi connectivity index (χ0n) is 9.80. The van der Waals surface area contributed by atoms with Gasteiger partial charge >= 0.3 is 0 Å². The summed E-state index contributed by atoms with van der Waals surface area (Å²) in [5.41, 5.74) is 0.618. The van der Waals surface area contributed by atoms with Gasteiger partial charge in [-0.25, -0.2) is 13.1 Å². The lowest BCUT2D eigenvalue weighted by atomic mass is 10.3. The third-order valence-electron chi connectivity index (χ3n) is 2.37. The molecule has 0 saturated heterocycles. The summed E-state index contributed by atoms with van der Waals surface area (Å²) in [4.78, 5) is 1.12. The number of aliphatic hydroxyl groups is 1. The van der Waals surface area contributed by atoms with Gasteiger partial charge in [0.25, 0.3) is 0 Å². The van der Waals surface area contributed by atoms with Crippen molar-refractivity contribution in [3.05, 3.63) is 37.8 Å². The van der Waals surface area contributed by atoms with Crippen LogP contribution in [0.25, 0.3) is 0 Å². The van der Waals surface area contributed by atoms with E-state index in [2.05, 4.69) is 20.7 Å². The maximum Gasteiger partial charge on any atom is 0.250 e. The van der Waals surface area contributed by atoms with Gasteiger partial charge in [0.2, 0.25) is 10.0 Å². The summed E-state index contributed by atoms with van der Waals surface area (Å²) in [5.74, 6) is 0. The Morgan fingerprint density at radius 3 is 2.74 bits per heavy atom. The van der Waals surface area contributed by atoms with Gasteiger partial charge in [0, 0.05) is 11.4 Å². The van der Waals surface area contributed by atoms with Crippen molar-refractivity contribution in [1.82, 2.24) is 4.72 Å². The predicted octanol–water partition coefficient (Wildman–Crippen LogP) is 2.59. The number of thiophene rings is 2. The molecular weight excluding hydrogens is 370 g/mol. The average molecular weight is 382 g/mol. The van der Waals surface area contributed by atoms with Gasteiger partial charge in [-0.05, 0) is 51.5 Å². The predicted molar refractivity (Wildman–Crippen MR) is 81.2 cm³/mol. The lowest BCUT2D eigenvalue weighted by Gasteiger charge is -2.03. The molecule has 0 aromatic carbocycles. The van der Waals surface area contributed by atoms with E-state index in [1.165, 1.54) is 6.07 Å². The van der Waals surface area contributed by atoms with Crippen molar-refractivity contribution >= 4 is 48.6 Å². The molecule has 0 aliphatic heterocycles. The van der Waals surface area contributed by atoms with E-state index in [0.717, 1.165) is 20.0 Å². The summed E-state index contributed by atoms with van der Waals surface area (Å²) in [6.45, 7) is 0.219. The Bertz CT molecular complexity index is 648. The molecule has 2 heterocycles. The molecule has 0 spiro atoms. The van der Waals surface area contributed by atoms with Crippen LogP contribution in [0.15, 0.2) is 31.6 Å². The maximum atomic E-state index is 12.0. The third-order valence-corrected chi connectivity index (χ3v) is 7.00. The van der Waals surface area contributed by atoms with E-state index in [1.807, 2.05) is 12.1 Å². The molecule has 0 aliphatic rings. The third kappa shape index (κ3) is 4.11. The minimum Gasteiger partial charge on any atom is -0.392 e. The van der Waals surface area contributed by atoms with Crippen LogP contribution < -0.4 is 4.72 Å². The SMILES string of the molecule is O=S(=O)(NCCc1ccc(Br)s1)c1cc(CO)cs1. The molecule has 2 rings (SSSR count). The molecule has 0 radical (unpaired) electrons. The molecular formula is C11H12BrNO3S3. The highest BCUT2D eigenvalue weighted by Crippen LogP contribution is 2.23. The Hall–Kier alpha value is -0.250. The van der Waals surface area contributed by atoms with Crippen LogP contribution in [0.5, 0.6) is 0 Å². The number of nitrogens with one attached hydrogen (secondary N) is 1. The van der Waals surface area contributed by atoms with Crippen LogP contribution in [0.4, 0.5) is 0 Å². The number of hydrogen-bond acceptors (Lipinski definition) is 5. The second-order valence-corrected chi connectivity index (χ2v) is 9.24. The van der Waals surface area contributed by atoms with Crippen LogP contribution in [0, 0.1) is 0 Å². The molecule has 19 heavy (non-hydrogen) atoms. The van der Waals surface area contributed by atoms with Crippen molar-refractivity contribution in [2.24, 2.45) is 0 Å². The molecule has 0 bridgehead atoms. The van der Waals surface area contributed by atoms with Crippen molar-refractivity contribution in [3.8, 4) is 0 Å². The summed E-state index contributed by atoms with van der Waals surface area (Å²) in [6, 6.07) is 5.41. The molecule has 2 aromatic rings. The number of rotatable bonds is 6. The van der Waals surface area contributed by atoms with E-state index in [-0.39, 0.29) is 10.8 Å². The summed E-state index contributed by atoms with van der Waals surface area (Å²) in [5, 5.41) is 10.6. The molecule has 2 N–H and O–H groups in total. The molecule has 0 amide bonds. The molecule has 2 aromatic heterocycles. The van der Waals surface area contributed by atoms with Crippen LogP contribution in [-0.4, -0.2) is 20.1 Å². The van der Waals surface area contributed by atoms with E-state index in [4.69, 9.17) is 5.11 Å².